The van der Waals surface area contributed by atoms with Gasteiger partial charge in [-0.3, -0.25) is 0 Å². The Balaban J connectivity index is 2.60. The van der Waals surface area contributed by atoms with Gasteiger partial charge in [0, 0.05) is 25.7 Å². The third-order valence-corrected chi connectivity index (χ3v) is 3.58. The number of carbonyl (C=O) groups is 1. The molecule has 0 radical (unpaired) electrons. The number of nitrogens with one attached hydrogen (secondary N) is 1. The summed E-state index contributed by atoms with van der Waals surface area (Å²) in [5.41, 5.74) is -0.392. The van der Waals surface area contributed by atoms with Gasteiger partial charge in [-0.15, -0.1) is 0 Å². The SMILES string of the molecule is CC1(C)CC(NCCCO)CCN(C(=O)OC(C)(C)C)C1. The highest BCUT2D eigenvalue weighted by molar-refractivity contribution is 5.68. The molecule has 0 bridgehead atoms. The molecule has 5 nitrogen and oxygen atoms in total. The summed E-state index contributed by atoms with van der Waals surface area (Å²) in [7, 11) is 0. The third-order valence-electron chi connectivity index (χ3n) is 3.58. The molecule has 0 aromatic rings. The van der Waals surface area contributed by atoms with Crippen LogP contribution in [0.2, 0.25) is 0 Å². The molecule has 1 aliphatic heterocycles. The van der Waals surface area contributed by atoms with Crippen molar-refractivity contribution >= 4 is 6.09 Å². The lowest BCUT2D eigenvalue weighted by Crippen LogP contribution is -2.41. The fourth-order valence-electron chi connectivity index (χ4n) is 2.78. The lowest BCUT2D eigenvalue weighted by molar-refractivity contribution is 0.0200. The summed E-state index contributed by atoms with van der Waals surface area (Å²) in [6.45, 7) is 12.5. The van der Waals surface area contributed by atoms with Gasteiger partial charge in [-0.25, -0.2) is 4.79 Å². The quantitative estimate of drug-likeness (QED) is 0.783. The molecular formula is C16H32N2O3. The minimum atomic E-state index is -0.452. The van der Waals surface area contributed by atoms with Crippen molar-refractivity contribution in [2.75, 3.05) is 26.2 Å². The molecule has 0 aromatic heterocycles. The highest BCUT2D eigenvalue weighted by Gasteiger charge is 2.33. The summed E-state index contributed by atoms with van der Waals surface area (Å²) >= 11 is 0. The maximum absolute atomic E-state index is 12.3. The average molecular weight is 300 g/mol. The molecule has 1 heterocycles. The van der Waals surface area contributed by atoms with Crippen molar-refractivity contribution in [1.82, 2.24) is 10.2 Å². The van der Waals surface area contributed by atoms with Crippen LogP contribution in [0.4, 0.5) is 4.79 Å². The van der Waals surface area contributed by atoms with E-state index in [1.54, 1.807) is 0 Å². The summed E-state index contributed by atoms with van der Waals surface area (Å²) in [6, 6.07) is 0.388. The topological polar surface area (TPSA) is 61.8 Å². The van der Waals surface area contributed by atoms with Crippen molar-refractivity contribution < 1.29 is 14.6 Å². The monoisotopic (exact) mass is 300 g/mol. The standard InChI is InChI=1S/C16H32N2O3/c1-15(2,3)21-14(20)18-9-7-13(17-8-6-10-19)11-16(4,5)12-18/h13,17,19H,6-12H2,1-5H3. The van der Waals surface area contributed by atoms with Crippen LogP contribution in [0, 0.1) is 5.41 Å². The molecule has 1 rings (SSSR count). The summed E-state index contributed by atoms with van der Waals surface area (Å²) in [5, 5.41) is 12.4. The Bertz CT molecular complexity index is 337. The number of aliphatic hydroxyl groups is 1. The molecule has 1 atom stereocenters. The smallest absolute Gasteiger partial charge is 0.410 e. The Morgan fingerprint density at radius 2 is 2.10 bits per heavy atom. The van der Waals surface area contributed by atoms with Gasteiger partial charge >= 0.3 is 6.09 Å². The molecule has 1 aliphatic rings. The molecule has 1 saturated heterocycles. The lowest BCUT2D eigenvalue weighted by Gasteiger charge is -2.31. The minimum absolute atomic E-state index is 0.0598. The van der Waals surface area contributed by atoms with Gasteiger partial charge in [-0.1, -0.05) is 13.8 Å². The molecule has 0 spiro atoms. The second-order valence-corrected chi connectivity index (χ2v) is 7.79. The van der Waals surface area contributed by atoms with Crippen LogP contribution in [-0.4, -0.2) is 54.0 Å². The van der Waals surface area contributed by atoms with Gasteiger partial charge in [0.05, 0.1) is 0 Å². The van der Waals surface area contributed by atoms with Crippen LogP contribution in [0.1, 0.15) is 53.9 Å². The molecule has 2 N–H and O–H groups in total. The number of likely N-dealkylation sites (tertiary alicyclic amines) is 1. The molecule has 1 fully saturated rings. The predicted molar refractivity (Wildman–Crippen MR) is 84.3 cm³/mol. The molecular weight excluding hydrogens is 268 g/mol. The lowest BCUT2D eigenvalue weighted by atomic mass is 9.86. The van der Waals surface area contributed by atoms with E-state index in [-0.39, 0.29) is 18.1 Å². The van der Waals surface area contributed by atoms with E-state index in [4.69, 9.17) is 9.84 Å². The maximum atomic E-state index is 12.3. The van der Waals surface area contributed by atoms with Crippen LogP contribution in [0.15, 0.2) is 0 Å². The van der Waals surface area contributed by atoms with Crippen molar-refractivity contribution in [3.63, 3.8) is 0 Å². The highest BCUT2D eigenvalue weighted by Crippen LogP contribution is 2.29. The second kappa shape index (κ2) is 7.45. The third kappa shape index (κ3) is 7.14. The van der Waals surface area contributed by atoms with Gasteiger partial charge in [0.15, 0.2) is 0 Å². The van der Waals surface area contributed by atoms with E-state index >= 15 is 0 Å². The van der Waals surface area contributed by atoms with E-state index in [0.717, 1.165) is 38.9 Å². The molecule has 0 aromatic carbocycles. The van der Waals surface area contributed by atoms with Gasteiger partial charge in [0.25, 0.3) is 0 Å². The number of rotatable bonds is 4. The van der Waals surface area contributed by atoms with Gasteiger partial charge in [-0.2, -0.15) is 0 Å². The van der Waals surface area contributed by atoms with Crippen LogP contribution in [0.5, 0.6) is 0 Å². The van der Waals surface area contributed by atoms with Crippen LogP contribution >= 0.6 is 0 Å². The van der Waals surface area contributed by atoms with Crippen LogP contribution in [-0.2, 0) is 4.74 Å². The van der Waals surface area contributed by atoms with Gasteiger partial charge in [0.1, 0.15) is 5.60 Å². The van der Waals surface area contributed by atoms with Crippen molar-refractivity contribution in [3.8, 4) is 0 Å². The average Bonchev–Trinajstić information content (AvgIpc) is 2.46. The van der Waals surface area contributed by atoms with Crippen molar-refractivity contribution in [2.24, 2.45) is 5.41 Å². The molecule has 1 unspecified atom stereocenters. The Labute approximate surface area is 129 Å². The summed E-state index contributed by atoms with van der Waals surface area (Å²) in [4.78, 5) is 14.1. The Morgan fingerprint density at radius 1 is 1.43 bits per heavy atom. The fraction of sp³-hybridized carbons (Fsp3) is 0.938. The number of hydrogen-bond donors (Lipinski definition) is 2. The van der Waals surface area contributed by atoms with Crippen LogP contribution in [0.25, 0.3) is 0 Å². The number of ether oxygens (including phenoxy) is 1. The zero-order chi connectivity index (χ0) is 16.1. The number of hydrogen-bond acceptors (Lipinski definition) is 4. The summed E-state index contributed by atoms with van der Waals surface area (Å²) in [6.07, 6.45) is 2.50. The molecule has 0 aliphatic carbocycles. The summed E-state index contributed by atoms with van der Waals surface area (Å²) in [5.74, 6) is 0. The first-order chi connectivity index (χ1) is 9.63. The van der Waals surface area contributed by atoms with E-state index in [1.807, 2.05) is 25.7 Å². The van der Waals surface area contributed by atoms with E-state index < -0.39 is 5.60 Å². The van der Waals surface area contributed by atoms with Crippen LogP contribution < -0.4 is 5.32 Å². The number of carbonyl (C=O) groups excluding carboxylic acids is 1. The first-order valence-electron chi connectivity index (χ1n) is 7.95. The zero-order valence-electron chi connectivity index (χ0n) is 14.2. The first kappa shape index (κ1) is 18.2. The largest absolute Gasteiger partial charge is 0.444 e. The van der Waals surface area contributed by atoms with E-state index in [0.29, 0.717) is 6.04 Å². The first-order valence-corrected chi connectivity index (χ1v) is 7.95. The normalized spacial score (nSPS) is 22.8. The number of nitrogens with zero attached hydrogens (tertiary/aromatic N) is 1. The molecule has 124 valence electrons. The van der Waals surface area contributed by atoms with E-state index in [9.17, 15) is 4.79 Å². The van der Waals surface area contributed by atoms with Gasteiger partial charge < -0.3 is 20.1 Å². The Morgan fingerprint density at radius 3 is 2.67 bits per heavy atom. The molecule has 21 heavy (non-hydrogen) atoms. The number of aliphatic hydroxyl groups excluding tert-OH is 1. The zero-order valence-corrected chi connectivity index (χ0v) is 14.2. The van der Waals surface area contributed by atoms with Gasteiger partial charge in [0.2, 0.25) is 0 Å². The molecule has 5 heteroatoms. The fourth-order valence-corrected chi connectivity index (χ4v) is 2.78. The molecule has 1 amide bonds. The van der Waals surface area contributed by atoms with Crippen molar-refractivity contribution in [3.05, 3.63) is 0 Å². The van der Waals surface area contributed by atoms with Crippen LogP contribution in [0.3, 0.4) is 0 Å². The minimum Gasteiger partial charge on any atom is -0.444 e. The second-order valence-electron chi connectivity index (χ2n) is 7.79. The number of amides is 1. The molecule has 0 saturated carbocycles. The Hall–Kier alpha value is -0.810. The van der Waals surface area contributed by atoms with Crippen molar-refractivity contribution in [1.29, 1.82) is 0 Å². The predicted octanol–water partition coefficient (Wildman–Crippen LogP) is 2.38. The van der Waals surface area contributed by atoms with E-state index in [2.05, 4.69) is 19.2 Å². The Kier molecular flexibility index (Phi) is 6.47. The highest BCUT2D eigenvalue weighted by atomic mass is 16.6. The van der Waals surface area contributed by atoms with E-state index in [1.165, 1.54) is 0 Å². The maximum Gasteiger partial charge on any atom is 0.410 e. The van der Waals surface area contributed by atoms with Gasteiger partial charge in [-0.05, 0) is 52.0 Å². The summed E-state index contributed by atoms with van der Waals surface area (Å²) < 4.78 is 5.49. The van der Waals surface area contributed by atoms with Crippen molar-refractivity contribution in [2.45, 2.75) is 65.5 Å².